The van der Waals surface area contributed by atoms with E-state index in [-0.39, 0.29) is 17.1 Å². The molecular formula is C40H52O24. The van der Waals surface area contributed by atoms with Gasteiger partial charge in [0.25, 0.3) is 0 Å². The number of methoxy groups -OCH3 is 1. The van der Waals surface area contributed by atoms with Gasteiger partial charge in [0.1, 0.15) is 90.0 Å². The van der Waals surface area contributed by atoms with Crippen LogP contribution in [0.15, 0.2) is 39.5 Å². The number of rotatable bonds is 11. The summed E-state index contributed by atoms with van der Waals surface area (Å²) in [6.07, 6.45) is -33.3. The summed E-state index contributed by atoms with van der Waals surface area (Å²) in [6.45, 7) is 3.42. The highest BCUT2D eigenvalue weighted by molar-refractivity contribution is 5.91. The SMILES string of the molecule is COc1c(OC2OC(C)C(O)C(O)C2O)cc2oc(-c3ccc(O)cc3)c(OC3OC(COC4OC(C)C(O)C(O)C4O)C(O)C(O)C3OC3OC(C)C(O)C(O)C3O)c(=O)c2c1O. The number of aliphatic hydroxyl groups excluding tert-OH is 11. The molecule has 0 radical (unpaired) electrons. The first-order chi connectivity index (χ1) is 30.2. The Kier molecular flexibility index (Phi) is 14.3. The number of benzene rings is 2. The van der Waals surface area contributed by atoms with Crippen LogP contribution in [-0.2, 0) is 28.4 Å². The second-order valence-electron chi connectivity index (χ2n) is 16.0. The summed E-state index contributed by atoms with van der Waals surface area (Å²) >= 11 is 0. The van der Waals surface area contributed by atoms with Crippen molar-refractivity contribution in [1.82, 2.24) is 0 Å². The number of aliphatic hydroxyl groups is 11. The third kappa shape index (κ3) is 8.95. The van der Waals surface area contributed by atoms with E-state index in [0.29, 0.717) is 0 Å². The van der Waals surface area contributed by atoms with E-state index < -0.39 is 169 Å². The Balaban J connectivity index is 1.30. The van der Waals surface area contributed by atoms with E-state index in [9.17, 15) is 71.2 Å². The van der Waals surface area contributed by atoms with Gasteiger partial charge in [-0.15, -0.1) is 0 Å². The minimum atomic E-state index is -2.08. The number of ether oxygens (including phenoxy) is 9. The highest BCUT2D eigenvalue weighted by atomic mass is 16.8. The lowest BCUT2D eigenvalue weighted by Gasteiger charge is -2.46. The van der Waals surface area contributed by atoms with E-state index in [1.807, 2.05) is 0 Å². The molecule has 4 fully saturated rings. The predicted molar refractivity (Wildman–Crippen MR) is 208 cm³/mol. The Morgan fingerprint density at radius 2 is 1.11 bits per heavy atom. The molecule has 1 aromatic heterocycles. The molecule has 24 nitrogen and oxygen atoms in total. The second-order valence-corrected chi connectivity index (χ2v) is 16.0. The van der Waals surface area contributed by atoms with Crippen molar-refractivity contribution >= 4 is 11.0 Å². The van der Waals surface area contributed by atoms with E-state index in [2.05, 4.69) is 0 Å². The van der Waals surface area contributed by atoms with E-state index >= 15 is 0 Å². The minimum absolute atomic E-state index is 0.0468. The molecule has 20 unspecified atom stereocenters. The number of hydrogen-bond acceptors (Lipinski definition) is 24. The minimum Gasteiger partial charge on any atom is -0.508 e. The number of fused-ring (bicyclic) bond motifs is 1. The molecule has 4 aliphatic heterocycles. The normalized spacial score (nSPS) is 40.5. The number of aromatic hydroxyl groups is 2. The average Bonchev–Trinajstić information content (AvgIpc) is 3.26. The van der Waals surface area contributed by atoms with Crippen LogP contribution in [0.4, 0.5) is 0 Å². The van der Waals surface area contributed by atoms with E-state index in [1.165, 1.54) is 45.0 Å². The summed E-state index contributed by atoms with van der Waals surface area (Å²) in [5, 5.41) is 138. The fourth-order valence-electron chi connectivity index (χ4n) is 7.73. The molecule has 2 aromatic carbocycles. The van der Waals surface area contributed by atoms with Crippen molar-refractivity contribution in [2.24, 2.45) is 0 Å². The van der Waals surface area contributed by atoms with Crippen molar-refractivity contribution in [2.45, 2.75) is 144 Å². The molecule has 7 rings (SSSR count). The van der Waals surface area contributed by atoms with E-state index in [1.54, 1.807) is 0 Å². The average molecular weight is 917 g/mol. The molecule has 0 amide bonds. The maximum Gasteiger partial charge on any atom is 0.239 e. The van der Waals surface area contributed by atoms with E-state index in [0.717, 1.165) is 13.2 Å². The smallest absolute Gasteiger partial charge is 0.239 e. The first-order valence-corrected chi connectivity index (χ1v) is 20.1. The highest BCUT2D eigenvalue weighted by Crippen LogP contribution is 2.46. The van der Waals surface area contributed by atoms with Gasteiger partial charge in [-0.05, 0) is 45.0 Å². The Morgan fingerprint density at radius 1 is 0.578 bits per heavy atom. The Bertz CT molecular complexity index is 2130. The summed E-state index contributed by atoms with van der Waals surface area (Å²) in [6, 6.07) is 6.15. The lowest BCUT2D eigenvalue weighted by Crippen LogP contribution is -2.65. The standard InChI is InChI=1S/C40H52O24/c1-11-20(42)26(48)30(52)37(57-11)56-10-18-23(45)29(51)36(64-39-32(54)28(50)22(44)13(3)59-39)40(62-18)63-35-25(47)19-16(60-33(35)14-5-7-15(41)8-6-14)9-17(34(55-4)24(19)46)61-38-31(53)27(49)21(43)12(2)58-38/h5-9,11-13,18,20-23,26-32,36-46,48-54H,10H2,1-4H3. The van der Waals surface area contributed by atoms with Crippen molar-refractivity contribution in [2.75, 3.05) is 13.7 Å². The zero-order chi connectivity index (χ0) is 46.6. The van der Waals surface area contributed by atoms with Crippen molar-refractivity contribution in [1.29, 1.82) is 0 Å². The molecule has 4 aliphatic rings. The number of phenols is 2. The first kappa shape index (κ1) is 47.9. The first-order valence-electron chi connectivity index (χ1n) is 20.1. The van der Waals surface area contributed by atoms with Gasteiger partial charge in [-0.2, -0.15) is 0 Å². The third-order valence-electron chi connectivity index (χ3n) is 11.6. The Hall–Kier alpha value is -4.03. The van der Waals surface area contributed by atoms with Crippen molar-refractivity contribution in [3.8, 4) is 40.1 Å². The molecule has 64 heavy (non-hydrogen) atoms. The molecular weight excluding hydrogens is 864 g/mol. The number of hydrogen-bond donors (Lipinski definition) is 13. The molecule has 0 aliphatic carbocycles. The molecule has 0 bridgehead atoms. The maximum atomic E-state index is 14.7. The van der Waals surface area contributed by atoms with Crippen LogP contribution in [0.1, 0.15) is 20.8 Å². The summed E-state index contributed by atoms with van der Waals surface area (Å²) in [5.41, 5.74) is -1.50. The molecule has 0 spiro atoms. The topological polar surface area (TPSA) is 376 Å². The van der Waals surface area contributed by atoms with Crippen LogP contribution >= 0.6 is 0 Å². The van der Waals surface area contributed by atoms with Crippen LogP contribution in [0.5, 0.6) is 28.7 Å². The Labute approximate surface area is 362 Å². The highest BCUT2D eigenvalue weighted by Gasteiger charge is 2.52. The third-order valence-corrected chi connectivity index (χ3v) is 11.6. The fraction of sp³-hybridized carbons (Fsp3) is 0.625. The van der Waals surface area contributed by atoms with Crippen LogP contribution in [0.25, 0.3) is 22.3 Å². The lowest BCUT2D eigenvalue weighted by molar-refractivity contribution is -0.360. The monoisotopic (exact) mass is 916 g/mol. The summed E-state index contributed by atoms with van der Waals surface area (Å²) in [4.78, 5) is 14.7. The van der Waals surface area contributed by atoms with Crippen LogP contribution in [-0.4, -0.2) is 203 Å². The van der Waals surface area contributed by atoms with E-state index in [4.69, 9.17) is 47.0 Å². The zero-order valence-electron chi connectivity index (χ0n) is 34.4. The van der Waals surface area contributed by atoms with Crippen LogP contribution < -0.4 is 19.6 Å². The zero-order valence-corrected chi connectivity index (χ0v) is 34.4. The van der Waals surface area contributed by atoms with Crippen molar-refractivity contribution in [3.05, 3.63) is 40.6 Å². The van der Waals surface area contributed by atoms with Gasteiger partial charge in [-0.1, -0.05) is 0 Å². The second kappa shape index (κ2) is 19.1. The van der Waals surface area contributed by atoms with Crippen molar-refractivity contribution < 1.29 is 113 Å². The van der Waals surface area contributed by atoms with Gasteiger partial charge in [-0.3, -0.25) is 4.79 Å². The lowest BCUT2D eigenvalue weighted by atomic mass is 9.97. The van der Waals surface area contributed by atoms with Gasteiger partial charge in [0, 0.05) is 11.6 Å². The predicted octanol–water partition coefficient (Wildman–Crippen LogP) is -4.03. The van der Waals surface area contributed by atoms with Gasteiger partial charge < -0.3 is 113 Å². The van der Waals surface area contributed by atoms with Gasteiger partial charge in [0.15, 0.2) is 35.9 Å². The quantitative estimate of drug-likeness (QED) is 0.0871. The molecule has 356 valence electrons. The van der Waals surface area contributed by atoms with Crippen LogP contribution in [0.2, 0.25) is 0 Å². The molecule has 5 heterocycles. The van der Waals surface area contributed by atoms with Crippen LogP contribution in [0.3, 0.4) is 0 Å². The molecule has 3 aromatic rings. The number of phenolic OH excluding ortho intramolecular Hbond substituents is 2. The van der Waals surface area contributed by atoms with Gasteiger partial charge >= 0.3 is 0 Å². The van der Waals surface area contributed by atoms with Gasteiger partial charge in [0.05, 0.1) is 32.0 Å². The fourth-order valence-corrected chi connectivity index (χ4v) is 7.73. The summed E-state index contributed by atoms with van der Waals surface area (Å²) in [5.74, 6) is -3.19. The molecule has 4 saturated heterocycles. The largest absolute Gasteiger partial charge is 0.508 e. The van der Waals surface area contributed by atoms with Gasteiger partial charge in [0.2, 0.25) is 29.5 Å². The molecule has 20 atom stereocenters. The summed E-state index contributed by atoms with van der Waals surface area (Å²) < 4.78 is 57.6. The Morgan fingerprint density at radius 3 is 1.69 bits per heavy atom. The molecule has 13 N–H and O–H groups in total. The van der Waals surface area contributed by atoms with Crippen molar-refractivity contribution in [3.63, 3.8) is 0 Å². The van der Waals surface area contributed by atoms with Gasteiger partial charge in [-0.25, -0.2) is 0 Å². The van der Waals surface area contributed by atoms with Crippen LogP contribution in [0, 0.1) is 0 Å². The summed E-state index contributed by atoms with van der Waals surface area (Å²) in [7, 11) is 1.10. The maximum absolute atomic E-state index is 14.7. The molecule has 0 saturated carbocycles. The molecule has 24 heteroatoms.